The first kappa shape index (κ1) is 18.3. The number of phenols is 2. The predicted octanol–water partition coefficient (Wildman–Crippen LogP) is 3.09. The first-order valence-corrected chi connectivity index (χ1v) is 8.41. The third-order valence-electron chi connectivity index (χ3n) is 4.21. The molecule has 140 valence electrons. The molecule has 0 spiro atoms. The van der Waals surface area contributed by atoms with Crippen molar-refractivity contribution in [2.45, 2.75) is 20.3 Å². The molecule has 0 aliphatic heterocycles. The van der Waals surface area contributed by atoms with Crippen molar-refractivity contribution in [3.8, 4) is 17.2 Å². The summed E-state index contributed by atoms with van der Waals surface area (Å²) in [7, 11) is 0. The van der Waals surface area contributed by atoms with Crippen molar-refractivity contribution in [2.24, 2.45) is 0 Å². The van der Waals surface area contributed by atoms with Gasteiger partial charge >= 0.3 is 5.63 Å². The Bertz CT molecular complexity index is 1070. The van der Waals surface area contributed by atoms with Crippen molar-refractivity contribution in [3.05, 3.63) is 57.9 Å². The minimum Gasteiger partial charge on any atom is -0.504 e. The second-order valence-corrected chi connectivity index (χ2v) is 5.96. The van der Waals surface area contributed by atoms with E-state index in [4.69, 9.17) is 9.15 Å². The maximum atomic E-state index is 12.5. The number of benzene rings is 2. The molecule has 0 atom stereocenters. The lowest BCUT2D eigenvalue weighted by molar-refractivity contribution is -0.115. The number of fused-ring (bicyclic) bond motifs is 1. The highest BCUT2D eigenvalue weighted by atomic mass is 16.5. The van der Waals surface area contributed by atoms with Gasteiger partial charge in [-0.3, -0.25) is 4.79 Å². The van der Waals surface area contributed by atoms with Gasteiger partial charge in [0.05, 0.1) is 24.3 Å². The number of para-hydroxylation sites is 2. The number of anilines is 1. The summed E-state index contributed by atoms with van der Waals surface area (Å²) in [5.41, 5.74) is 0.344. The molecule has 2 aromatic carbocycles. The van der Waals surface area contributed by atoms with Crippen molar-refractivity contribution < 1.29 is 24.2 Å². The Balaban J connectivity index is 1.92. The smallest absolute Gasteiger partial charge is 0.340 e. The minimum absolute atomic E-state index is 0.108. The minimum atomic E-state index is -0.742. The molecule has 0 radical (unpaired) electrons. The second kappa shape index (κ2) is 7.41. The Morgan fingerprint density at radius 1 is 1.19 bits per heavy atom. The topological polar surface area (TPSA) is 109 Å². The Morgan fingerprint density at radius 3 is 2.67 bits per heavy atom. The number of nitrogens with one attached hydrogen (secondary N) is 1. The summed E-state index contributed by atoms with van der Waals surface area (Å²) < 4.78 is 10.6. The summed E-state index contributed by atoms with van der Waals surface area (Å²) in [6, 6.07) is 9.83. The number of phenolic OH excluding ortho intramolecular Hbond substituents is 2. The van der Waals surface area contributed by atoms with E-state index in [2.05, 4.69) is 5.32 Å². The zero-order valence-electron chi connectivity index (χ0n) is 14.9. The molecular weight excluding hydrogens is 350 g/mol. The zero-order valence-corrected chi connectivity index (χ0v) is 14.9. The Labute approximate surface area is 154 Å². The Morgan fingerprint density at radius 2 is 1.93 bits per heavy atom. The van der Waals surface area contributed by atoms with E-state index in [0.29, 0.717) is 29.0 Å². The van der Waals surface area contributed by atoms with Gasteiger partial charge < -0.3 is 24.7 Å². The molecule has 3 aromatic rings. The summed E-state index contributed by atoms with van der Waals surface area (Å²) in [5.74, 6) is -0.756. The van der Waals surface area contributed by atoms with Gasteiger partial charge in [0.15, 0.2) is 11.3 Å². The lowest BCUT2D eigenvalue weighted by Gasteiger charge is -2.12. The Kier molecular flexibility index (Phi) is 5.03. The van der Waals surface area contributed by atoms with E-state index in [1.165, 1.54) is 12.1 Å². The number of carbonyl (C=O) groups excluding carboxylic acids is 1. The van der Waals surface area contributed by atoms with Crippen LogP contribution in [0.15, 0.2) is 45.6 Å². The quantitative estimate of drug-likeness (QED) is 0.471. The number of aromatic hydroxyl groups is 2. The van der Waals surface area contributed by atoms with Crippen LogP contribution in [0.2, 0.25) is 0 Å². The number of carbonyl (C=O) groups is 1. The third kappa shape index (κ3) is 3.57. The summed E-state index contributed by atoms with van der Waals surface area (Å²) >= 11 is 0. The van der Waals surface area contributed by atoms with Crippen LogP contribution in [0.3, 0.4) is 0 Å². The van der Waals surface area contributed by atoms with E-state index in [9.17, 15) is 19.8 Å². The van der Waals surface area contributed by atoms with Gasteiger partial charge in [-0.25, -0.2) is 4.79 Å². The Hall–Kier alpha value is -3.48. The van der Waals surface area contributed by atoms with Crippen LogP contribution in [-0.4, -0.2) is 22.7 Å². The predicted molar refractivity (Wildman–Crippen MR) is 100 cm³/mol. The molecule has 0 aliphatic carbocycles. The molecule has 0 saturated carbocycles. The summed E-state index contributed by atoms with van der Waals surface area (Å²) in [6.07, 6.45) is -0.202. The molecule has 0 bridgehead atoms. The lowest BCUT2D eigenvalue weighted by Crippen LogP contribution is -2.21. The average molecular weight is 369 g/mol. The van der Waals surface area contributed by atoms with Gasteiger partial charge in [-0.05, 0) is 43.7 Å². The maximum absolute atomic E-state index is 12.5. The van der Waals surface area contributed by atoms with E-state index in [0.717, 1.165) is 0 Å². The van der Waals surface area contributed by atoms with Crippen molar-refractivity contribution in [1.82, 2.24) is 0 Å². The molecule has 7 nitrogen and oxygen atoms in total. The van der Waals surface area contributed by atoms with Crippen molar-refractivity contribution in [2.75, 3.05) is 11.9 Å². The third-order valence-corrected chi connectivity index (χ3v) is 4.21. The van der Waals surface area contributed by atoms with E-state index in [1.807, 2.05) is 6.92 Å². The fraction of sp³-hybridized carbons (Fsp3) is 0.200. The molecule has 0 fully saturated rings. The number of ether oxygens (including phenoxy) is 1. The van der Waals surface area contributed by atoms with Gasteiger partial charge in [-0.2, -0.15) is 0 Å². The maximum Gasteiger partial charge on any atom is 0.340 e. The number of amides is 1. The van der Waals surface area contributed by atoms with Crippen LogP contribution in [-0.2, 0) is 11.2 Å². The van der Waals surface area contributed by atoms with E-state index >= 15 is 0 Å². The molecule has 0 unspecified atom stereocenters. The number of hydrogen-bond donors (Lipinski definition) is 3. The number of rotatable bonds is 5. The van der Waals surface area contributed by atoms with Crippen LogP contribution in [0.5, 0.6) is 17.2 Å². The van der Waals surface area contributed by atoms with Gasteiger partial charge in [0, 0.05) is 5.39 Å². The highest BCUT2D eigenvalue weighted by Crippen LogP contribution is 2.34. The first-order valence-electron chi connectivity index (χ1n) is 8.41. The van der Waals surface area contributed by atoms with Gasteiger partial charge in [0.25, 0.3) is 0 Å². The van der Waals surface area contributed by atoms with E-state index in [1.54, 1.807) is 31.2 Å². The van der Waals surface area contributed by atoms with Crippen molar-refractivity contribution in [3.63, 3.8) is 0 Å². The molecule has 1 aromatic heterocycles. The number of hydrogen-bond acceptors (Lipinski definition) is 6. The van der Waals surface area contributed by atoms with Crippen LogP contribution in [0.25, 0.3) is 11.0 Å². The van der Waals surface area contributed by atoms with Crippen LogP contribution >= 0.6 is 0 Å². The molecule has 0 aliphatic rings. The average Bonchev–Trinajstić information content (AvgIpc) is 2.64. The van der Waals surface area contributed by atoms with E-state index in [-0.39, 0.29) is 23.3 Å². The highest BCUT2D eigenvalue weighted by Gasteiger charge is 2.18. The fourth-order valence-corrected chi connectivity index (χ4v) is 2.84. The van der Waals surface area contributed by atoms with Crippen molar-refractivity contribution in [1.29, 1.82) is 0 Å². The van der Waals surface area contributed by atoms with Crippen LogP contribution in [0.1, 0.15) is 18.1 Å². The SMILES string of the molecule is CCOc1ccccc1NC(=O)Cc1c(C)c2ccc(O)c(O)c2oc1=O. The molecule has 7 heteroatoms. The van der Waals surface area contributed by atoms with Crippen LogP contribution in [0, 0.1) is 6.92 Å². The molecule has 3 N–H and O–H groups in total. The van der Waals surface area contributed by atoms with E-state index < -0.39 is 17.3 Å². The fourth-order valence-electron chi connectivity index (χ4n) is 2.84. The molecule has 3 rings (SSSR count). The monoisotopic (exact) mass is 369 g/mol. The van der Waals surface area contributed by atoms with Crippen LogP contribution < -0.4 is 15.7 Å². The molecular formula is C20H19NO6. The first-order chi connectivity index (χ1) is 12.9. The van der Waals surface area contributed by atoms with Gasteiger partial charge in [0.2, 0.25) is 11.7 Å². The lowest BCUT2D eigenvalue weighted by atomic mass is 10.0. The molecule has 0 saturated heterocycles. The molecule has 1 heterocycles. The summed E-state index contributed by atoms with van der Waals surface area (Å²) in [4.78, 5) is 24.8. The summed E-state index contributed by atoms with van der Waals surface area (Å²) in [6.45, 7) is 3.96. The standard InChI is InChI=1S/C20H19NO6/c1-3-26-16-7-5-4-6-14(16)21-17(23)10-13-11(2)12-8-9-15(22)18(24)19(12)27-20(13)25/h4-9,22,24H,3,10H2,1-2H3,(H,21,23). The normalized spacial score (nSPS) is 10.7. The van der Waals surface area contributed by atoms with Gasteiger partial charge in [0.1, 0.15) is 5.75 Å². The highest BCUT2D eigenvalue weighted by molar-refractivity contribution is 5.95. The second-order valence-electron chi connectivity index (χ2n) is 5.96. The van der Waals surface area contributed by atoms with Crippen LogP contribution in [0.4, 0.5) is 5.69 Å². The molecule has 1 amide bonds. The number of aryl methyl sites for hydroxylation is 1. The zero-order chi connectivity index (χ0) is 19.6. The largest absolute Gasteiger partial charge is 0.504 e. The molecule has 27 heavy (non-hydrogen) atoms. The summed E-state index contributed by atoms with van der Waals surface area (Å²) in [5, 5.41) is 22.6. The van der Waals surface area contributed by atoms with Crippen molar-refractivity contribution >= 4 is 22.6 Å². The van der Waals surface area contributed by atoms with Gasteiger partial charge in [-0.15, -0.1) is 0 Å². The van der Waals surface area contributed by atoms with Gasteiger partial charge in [-0.1, -0.05) is 12.1 Å².